The number of hydrogen-bond acceptors (Lipinski definition) is 6. The van der Waals surface area contributed by atoms with E-state index in [1.54, 1.807) is 6.20 Å². The predicted molar refractivity (Wildman–Crippen MR) is 107 cm³/mol. The van der Waals surface area contributed by atoms with Gasteiger partial charge in [-0.3, -0.25) is 4.98 Å². The zero-order valence-corrected chi connectivity index (χ0v) is 15.8. The van der Waals surface area contributed by atoms with E-state index in [-0.39, 0.29) is 6.04 Å². The first-order valence-electron chi connectivity index (χ1n) is 9.11. The van der Waals surface area contributed by atoms with Crippen LogP contribution in [0, 0.1) is 13.8 Å². The molecule has 1 N–H and O–H groups in total. The Kier molecular flexibility index (Phi) is 4.62. The van der Waals surface area contributed by atoms with E-state index in [0.29, 0.717) is 0 Å². The van der Waals surface area contributed by atoms with Gasteiger partial charge in [-0.15, -0.1) is 0 Å². The van der Waals surface area contributed by atoms with Crippen molar-refractivity contribution in [3.8, 4) is 11.5 Å². The minimum atomic E-state index is 0.137. The topological polar surface area (TPSA) is 63.2 Å². The van der Waals surface area contributed by atoms with Crippen LogP contribution in [0.4, 0.5) is 11.5 Å². The monoisotopic (exact) mass is 361 g/mol. The summed E-state index contributed by atoms with van der Waals surface area (Å²) in [5, 5.41) is 3.63. The molecule has 27 heavy (non-hydrogen) atoms. The molecular formula is C21H23N5O. The van der Waals surface area contributed by atoms with Crippen LogP contribution in [-0.4, -0.2) is 28.5 Å². The highest BCUT2D eigenvalue weighted by molar-refractivity contribution is 5.61. The number of ether oxygens (including phenoxy) is 1. The summed E-state index contributed by atoms with van der Waals surface area (Å²) in [5.41, 5.74) is 3.02. The molecule has 0 radical (unpaired) electrons. The second kappa shape index (κ2) is 7.23. The average Bonchev–Trinajstić information content (AvgIpc) is 2.67. The van der Waals surface area contributed by atoms with Gasteiger partial charge in [0.2, 0.25) is 0 Å². The molecule has 0 amide bonds. The summed E-state index contributed by atoms with van der Waals surface area (Å²) in [6.07, 6.45) is 4.64. The molecule has 1 unspecified atom stereocenters. The van der Waals surface area contributed by atoms with Crippen molar-refractivity contribution in [1.29, 1.82) is 0 Å². The lowest BCUT2D eigenvalue weighted by Crippen LogP contribution is -2.31. The molecule has 1 atom stereocenters. The first kappa shape index (κ1) is 17.3. The summed E-state index contributed by atoms with van der Waals surface area (Å²) in [6, 6.07) is 12.0. The van der Waals surface area contributed by atoms with E-state index in [9.17, 15) is 0 Å². The molecule has 0 fully saturated rings. The number of nitrogens with one attached hydrogen (secondary N) is 1. The Bertz CT molecular complexity index is 942. The lowest BCUT2D eigenvalue weighted by Gasteiger charge is -2.33. The van der Waals surface area contributed by atoms with Gasteiger partial charge in [0.25, 0.3) is 0 Å². The number of benzene rings is 1. The third-order valence-corrected chi connectivity index (χ3v) is 4.74. The molecule has 1 aliphatic heterocycles. The molecule has 0 saturated heterocycles. The van der Waals surface area contributed by atoms with Crippen molar-refractivity contribution in [1.82, 2.24) is 15.0 Å². The molecule has 6 nitrogen and oxygen atoms in total. The molecule has 3 heterocycles. The van der Waals surface area contributed by atoms with Crippen LogP contribution in [0.5, 0.6) is 11.5 Å². The maximum Gasteiger partial charge on any atom is 0.150 e. The predicted octanol–water partition coefficient (Wildman–Crippen LogP) is 4.27. The van der Waals surface area contributed by atoms with E-state index in [1.807, 2.05) is 56.4 Å². The van der Waals surface area contributed by atoms with Crippen molar-refractivity contribution in [3.05, 3.63) is 65.9 Å². The Labute approximate surface area is 159 Å². The Morgan fingerprint density at radius 3 is 2.74 bits per heavy atom. The number of anilines is 2. The van der Waals surface area contributed by atoms with E-state index in [0.717, 1.165) is 53.1 Å². The van der Waals surface area contributed by atoms with Crippen LogP contribution >= 0.6 is 0 Å². The molecular weight excluding hydrogens is 338 g/mol. The lowest BCUT2D eigenvalue weighted by atomic mass is 10.0. The van der Waals surface area contributed by atoms with E-state index < -0.39 is 0 Å². The number of pyridine rings is 1. The van der Waals surface area contributed by atoms with Gasteiger partial charge in [0.05, 0.1) is 17.9 Å². The van der Waals surface area contributed by atoms with Crippen LogP contribution in [0.2, 0.25) is 0 Å². The number of rotatable bonds is 4. The summed E-state index contributed by atoms with van der Waals surface area (Å²) in [4.78, 5) is 15.5. The van der Waals surface area contributed by atoms with Gasteiger partial charge in [-0.1, -0.05) is 12.1 Å². The van der Waals surface area contributed by atoms with Crippen molar-refractivity contribution >= 4 is 11.5 Å². The summed E-state index contributed by atoms with van der Waals surface area (Å²) < 4.78 is 6.07. The Hall–Kier alpha value is -3.15. The van der Waals surface area contributed by atoms with Gasteiger partial charge in [-0.2, -0.15) is 0 Å². The van der Waals surface area contributed by atoms with Crippen LogP contribution in [0.3, 0.4) is 0 Å². The average molecular weight is 361 g/mol. The molecule has 4 rings (SSSR count). The van der Waals surface area contributed by atoms with E-state index >= 15 is 0 Å². The standard InChI is InChI=1S/C21H23N5O/c1-14-8-9-16(12-22-14)27-20-7-5-4-6-19(20)25-18-10-11-26(3)21-17(18)13-23-15(2)24-21/h4-9,12-13,18,25H,10-11H2,1-3H3. The second-order valence-electron chi connectivity index (χ2n) is 6.84. The molecule has 0 spiro atoms. The fourth-order valence-corrected chi connectivity index (χ4v) is 3.26. The van der Waals surface area contributed by atoms with Gasteiger partial charge >= 0.3 is 0 Å². The summed E-state index contributed by atoms with van der Waals surface area (Å²) in [7, 11) is 2.07. The Morgan fingerprint density at radius 2 is 1.93 bits per heavy atom. The van der Waals surface area contributed by atoms with Crippen LogP contribution in [0.15, 0.2) is 48.8 Å². The highest BCUT2D eigenvalue weighted by Crippen LogP contribution is 2.37. The number of fused-ring (bicyclic) bond motifs is 1. The lowest BCUT2D eigenvalue weighted by molar-refractivity contribution is 0.480. The Balaban J connectivity index is 1.60. The van der Waals surface area contributed by atoms with Crippen LogP contribution in [0.25, 0.3) is 0 Å². The fourth-order valence-electron chi connectivity index (χ4n) is 3.26. The molecule has 0 saturated carbocycles. The van der Waals surface area contributed by atoms with E-state index in [4.69, 9.17) is 4.74 Å². The fraction of sp³-hybridized carbons (Fsp3) is 0.286. The summed E-state index contributed by atoms with van der Waals surface area (Å²) >= 11 is 0. The van der Waals surface area contributed by atoms with E-state index in [1.165, 1.54) is 0 Å². The largest absolute Gasteiger partial charge is 0.454 e. The first-order valence-corrected chi connectivity index (χ1v) is 9.11. The molecule has 6 heteroatoms. The molecule has 0 aliphatic carbocycles. The summed E-state index contributed by atoms with van der Waals surface area (Å²) in [5.74, 6) is 3.28. The van der Waals surface area contributed by atoms with Gasteiger partial charge in [-0.05, 0) is 44.5 Å². The third-order valence-electron chi connectivity index (χ3n) is 4.74. The molecule has 3 aromatic rings. The highest BCUT2D eigenvalue weighted by atomic mass is 16.5. The molecule has 1 aromatic carbocycles. The molecule has 138 valence electrons. The molecule has 0 bridgehead atoms. The van der Waals surface area contributed by atoms with Crippen molar-refractivity contribution in [3.63, 3.8) is 0 Å². The number of nitrogens with zero attached hydrogens (tertiary/aromatic N) is 4. The SMILES string of the molecule is Cc1ccc(Oc2ccccc2NC2CCN(C)c3nc(C)ncc32)cn1. The zero-order valence-electron chi connectivity index (χ0n) is 15.8. The van der Waals surface area contributed by atoms with Crippen LogP contribution < -0.4 is 15.0 Å². The van der Waals surface area contributed by atoms with E-state index in [2.05, 4.69) is 32.2 Å². The van der Waals surface area contributed by atoms with Crippen molar-refractivity contribution < 1.29 is 4.74 Å². The second-order valence-corrected chi connectivity index (χ2v) is 6.84. The number of aryl methyl sites for hydroxylation is 2. The van der Waals surface area contributed by atoms with Gasteiger partial charge < -0.3 is 15.0 Å². The first-order chi connectivity index (χ1) is 13.1. The number of hydrogen-bond donors (Lipinski definition) is 1. The maximum atomic E-state index is 6.07. The maximum absolute atomic E-state index is 6.07. The minimum absolute atomic E-state index is 0.137. The normalized spacial score (nSPS) is 16.0. The molecule has 2 aromatic heterocycles. The smallest absolute Gasteiger partial charge is 0.150 e. The summed E-state index contributed by atoms with van der Waals surface area (Å²) in [6.45, 7) is 4.82. The van der Waals surface area contributed by atoms with Gasteiger partial charge in [0.15, 0.2) is 5.75 Å². The Morgan fingerprint density at radius 1 is 1.07 bits per heavy atom. The zero-order chi connectivity index (χ0) is 18.8. The number of para-hydroxylation sites is 2. The van der Waals surface area contributed by atoms with Gasteiger partial charge in [0.1, 0.15) is 17.4 Å². The van der Waals surface area contributed by atoms with Crippen LogP contribution in [-0.2, 0) is 0 Å². The molecule has 1 aliphatic rings. The van der Waals surface area contributed by atoms with Gasteiger partial charge in [0, 0.05) is 31.0 Å². The van der Waals surface area contributed by atoms with Gasteiger partial charge in [-0.25, -0.2) is 9.97 Å². The van der Waals surface area contributed by atoms with Crippen molar-refractivity contribution in [2.75, 3.05) is 23.8 Å². The van der Waals surface area contributed by atoms with Crippen molar-refractivity contribution in [2.45, 2.75) is 26.3 Å². The van der Waals surface area contributed by atoms with Crippen LogP contribution in [0.1, 0.15) is 29.5 Å². The quantitative estimate of drug-likeness (QED) is 0.748. The van der Waals surface area contributed by atoms with Crippen molar-refractivity contribution in [2.24, 2.45) is 0 Å². The highest BCUT2D eigenvalue weighted by Gasteiger charge is 2.25. The minimum Gasteiger partial charge on any atom is -0.454 e. The number of aromatic nitrogens is 3. The third kappa shape index (κ3) is 3.69.